The predicted molar refractivity (Wildman–Crippen MR) is 122 cm³/mol. The third-order valence-corrected chi connectivity index (χ3v) is 6.57. The van der Waals surface area contributed by atoms with Crippen molar-refractivity contribution in [3.63, 3.8) is 0 Å². The molecule has 5 aromatic rings. The zero-order valence-corrected chi connectivity index (χ0v) is 17.9. The molecule has 6 heteroatoms. The normalized spacial score (nSPS) is 17.9. The Morgan fingerprint density at radius 1 is 0.742 bits per heavy atom. The van der Waals surface area contributed by atoms with Crippen molar-refractivity contribution < 1.29 is 18.1 Å². The Morgan fingerprint density at radius 3 is 2.16 bits per heavy atom. The molecule has 6 rings (SSSR count). The number of benzene rings is 3. The number of oxazole rings is 1. The maximum absolute atomic E-state index is 6.41. The molecule has 1 fully saturated rings. The molecule has 3 heterocycles. The fourth-order valence-electron chi connectivity index (χ4n) is 4.15. The molecular weight excluding hydrogens is 389 g/mol. The first-order chi connectivity index (χ1) is 14.8. The van der Waals surface area contributed by atoms with E-state index in [4.69, 9.17) is 23.1 Å². The van der Waals surface area contributed by atoms with Crippen molar-refractivity contribution >= 4 is 45.6 Å². The number of nitrogens with zero attached hydrogens (tertiary/aromatic N) is 1. The number of furan rings is 1. The highest BCUT2D eigenvalue weighted by atomic mass is 16.7. The lowest BCUT2D eigenvalue weighted by atomic mass is 9.77. The summed E-state index contributed by atoms with van der Waals surface area (Å²) >= 11 is 0. The lowest BCUT2D eigenvalue weighted by Gasteiger charge is -2.32. The summed E-state index contributed by atoms with van der Waals surface area (Å²) in [5, 5.41) is 2.00. The van der Waals surface area contributed by atoms with Crippen LogP contribution in [0.3, 0.4) is 0 Å². The first kappa shape index (κ1) is 18.7. The summed E-state index contributed by atoms with van der Waals surface area (Å²) in [7, 11) is -0.631. The molecule has 5 nitrogen and oxygen atoms in total. The molecule has 31 heavy (non-hydrogen) atoms. The Bertz CT molecular complexity index is 1430. The van der Waals surface area contributed by atoms with Gasteiger partial charge in [-0.05, 0) is 52.0 Å². The van der Waals surface area contributed by atoms with E-state index in [1.807, 2.05) is 82.3 Å². The molecule has 3 aromatic carbocycles. The van der Waals surface area contributed by atoms with Crippen LogP contribution in [0.4, 0.5) is 0 Å². The van der Waals surface area contributed by atoms with E-state index < -0.39 is 18.3 Å². The van der Waals surface area contributed by atoms with Crippen LogP contribution in [0.2, 0.25) is 0 Å². The average Bonchev–Trinajstić information content (AvgIpc) is 3.38. The molecule has 0 aliphatic carbocycles. The van der Waals surface area contributed by atoms with Gasteiger partial charge in [0.1, 0.15) is 16.7 Å². The topological polar surface area (TPSA) is 57.6 Å². The molecule has 0 radical (unpaired) electrons. The molecule has 0 N–H and O–H groups in total. The van der Waals surface area contributed by atoms with Crippen LogP contribution < -0.4 is 5.46 Å². The molecular formula is C25H22BNO4. The maximum Gasteiger partial charge on any atom is 0.502 e. The molecule has 1 aliphatic rings. The van der Waals surface area contributed by atoms with Gasteiger partial charge in [0.05, 0.1) is 16.7 Å². The summed E-state index contributed by atoms with van der Waals surface area (Å²) in [4.78, 5) is 4.80. The number of hydrogen-bond acceptors (Lipinski definition) is 5. The second-order valence-electron chi connectivity index (χ2n) is 9.09. The Morgan fingerprint density at radius 2 is 1.42 bits per heavy atom. The van der Waals surface area contributed by atoms with E-state index in [1.165, 1.54) is 0 Å². The number of rotatable bonds is 2. The van der Waals surface area contributed by atoms with Crippen LogP contribution in [-0.4, -0.2) is 23.3 Å². The lowest BCUT2D eigenvalue weighted by molar-refractivity contribution is 0.00578. The van der Waals surface area contributed by atoms with Gasteiger partial charge in [-0.2, -0.15) is 0 Å². The largest absolute Gasteiger partial charge is 0.502 e. The molecule has 0 saturated carbocycles. The van der Waals surface area contributed by atoms with Crippen molar-refractivity contribution in [2.45, 2.75) is 38.9 Å². The summed E-state index contributed by atoms with van der Waals surface area (Å²) in [6.45, 7) is 8.16. The van der Waals surface area contributed by atoms with E-state index in [0.717, 1.165) is 32.9 Å². The Hall–Kier alpha value is -3.09. The minimum Gasteiger partial charge on any atom is -0.456 e. The number of fused-ring (bicyclic) bond motifs is 4. The Labute approximate surface area is 180 Å². The smallest absolute Gasteiger partial charge is 0.456 e. The summed E-state index contributed by atoms with van der Waals surface area (Å²) in [6.07, 6.45) is 0. The molecule has 1 aliphatic heterocycles. The molecule has 2 aromatic heterocycles. The molecule has 0 unspecified atom stereocenters. The molecule has 0 atom stereocenters. The Balaban J connectivity index is 1.67. The molecule has 154 valence electrons. The highest BCUT2D eigenvalue weighted by Crippen LogP contribution is 2.39. The van der Waals surface area contributed by atoms with Gasteiger partial charge in [-0.25, -0.2) is 4.98 Å². The van der Waals surface area contributed by atoms with Gasteiger partial charge in [-0.3, -0.25) is 0 Å². The zero-order valence-electron chi connectivity index (χ0n) is 17.9. The lowest BCUT2D eigenvalue weighted by Crippen LogP contribution is -2.41. The molecule has 1 saturated heterocycles. The van der Waals surface area contributed by atoms with Crippen molar-refractivity contribution in [3.05, 3.63) is 60.7 Å². The van der Waals surface area contributed by atoms with Crippen molar-refractivity contribution in [2.24, 2.45) is 0 Å². The van der Waals surface area contributed by atoms with Gasteiger partial charge in [-0.15, -0.1) is 0 Å². The fraction of sp³-hybridized carbons (Fsp3) is 0.240. The number of hydrogen-bond donors (Lipinski definition) is 0. The van der Waals surface area contributed by atoms with Gasteiger partial charge >= 0.3 is 7.12 Å². The van der Waals surface area contributed by atoms with E-state index in [1.54, 1.807) is 0 Å². The van der Waals surface area contributed by atoms with Crippen molar-refractivity contribution in [1.29, 1.82) is 0 Å². The first-order valence-corrected chi connectivity index (χ1v) is 10.5. The first-order valence-electron chi connectivity index (χ1n) is 10.5. The van der Waals surface area contributed by atoms with Crippen molar-refractivity contribution in [2.75, 3.05) is 0 Å². The van der Waals surface area contributed by atoms with E-state index >= 15 is 0 Å². The van der Waals surface area contributed by atoms with Gasteiger partial charge < -0.3 is 18.1 Å². The summed E-state index contributed by atoms with van der Waals surface area (Å²) in [5.74, 6) is 0.560. The molecule has 0 spiro atoms. The summed E-state index contributed by atoms with van der Waals surface area (Å²) in [6, 6.07) is 19.9. The summed E-state index contributed by atoms with van der Waals surface area (Å²) < 4.78 is 25.4. The van der Waals surface area contributed by atoms with Crippen LogP contribution in [0.5, 0.6) is 0 Å². The quantitative estimate of drug-likeness (QED) is 0.349. The van der Waals surface area contributed by atoms with Crippen molar-refractivity contribution in [1.82, 2.24) is 4.98 Å². The van der Waals surface area contributed by atoms with Crippen LogP contribution in [0.15, 0.2) is 69.5 Å². The average molecular weight is 411 g/mol. The monoisotopic (exact) mass is 411 g/mol. The van der Waals surface area contributed by atoms with E-state index in [0.29, 0.717) is 17.1 Å². The molecule has 0 bridgehead atoms. The van der Waals surface area contributed by atoms with E-state index in [-0.39, 0.29) is 0 Å². The highest BCUT2D eigenvalue weighted by Gasteiger charge is 2.53. The van der Waals surface area contributed by atoms with E-state index in [2.05, 4.69) is 6.07 Å². The van der Waals surface area contributed by atoms with Gasteiger partial charge in [0.25, 0.3) is 0 Å². The fourth-order valence-corrected chi connectivity index (χ4v) is 4.15. The third kappa shape index (κ3) is 2.68. The number of aromatic nitrogens is 1. The van der Waals surface area contributed by atoms with Gasteiger partial charge in [-0.1, -0.05) is 36.4 Å². The van der Waals surface area contributed by atoms with Crippen molar-refractivity contribution in [3.8, 4) is 11.5 Å². The van der Waals surface area contributed by atoms with E-state index in [9.17, 15) is 0 Å². The standard InChI is InChI=1S/C25H22BNO4/c1-24(2)25(3,4)31-26(30-24)20-21-17(16-12-8-9-13-19(16)28-21)14-18-22(20)29-23(27-18)15-10-6-5-7-11-15/h5-14H,1-4H3. The minimum atomic E-state index is -0.631. The third-order valence-electron chi connectivity index (χ3n) is 6.57. The number of para-hydroxylation sites is 1. The second kappa shape index (κ2) is 6.22. The molecule has 0 amide bonds. The van der Waals surface area contributed by atoms with Crippen LogP contribution >= 0.6 is 0 Å². The Kier molecular flexibility index (Phi) is 3.74. The SMILES string of the molecule is CC1(C)OB(c2c3oc(-c4ccccc4)nc3cc3c2oc2ccccc23)OC1(C)C. The summed E-state index contributed by atoms with van der Waals surface area (Å²) in [5.41, 5.74) is 3.60. The van der Waals surface area contributed by atoms with Crippen LogP contribution in [0, 0.1) is 0 Å². The van der Waals surface area contributed by atoms with Gasteiger partial charge in [0.15, 0.2) is 5.58 Å². The zero-order chi connectivity index (χ0) is 21.4. The van der Waals surface area contributed by atoms with Crippen LogP contribution in [0.25, 0.3) is 44.5 Å². The van der Waals surface area contributed by atoms with Gasteiger partial charge in [0.2, 0.25) is 5.89 Å². The predicted octanol–water partition coefficient (Wildman–Crippen LogP) is 5.69. The van der Waals surface area contributed by atoms with Crippen LogP contribution in [0.1, 0.15) is 27.7 Å². The maximum atomic E-state index is 6.41. The minimum absolute atomic E-state index is 0.486. The van der Waals surface area contributed by atoms with Gasteiger partial charge in [0, 0.05) is 16.3 Å². The second-order valence-corrected chi connectivity index (χ2v) is 9.09. The van der Waals surface area contributed by atoms with Crippen LogP contribution in [-0.2, 0) is 9.31 Å². The highest BCUT2D eigenvalue weighted by molar-refractivity contribution is 6.68.